The first-order valence-electron chi connectivity index (χ1n) is 6.43. The van der Waals surface area contributed by atoms with E-state index in [-0.39, 0.29) is 0 Å². The molecule has 86 valence electrons. The average Bonchev–Trinajstić information content (AvgIpc) is 2.46. The van der Waals surface area contributed by atoms with Crippen molar-refractivity contribution in [3.8, 4) is 0 Å². The van der Waals surface area contributed by atoms with Crippen LogP contribution in [0.1, 0.15) is 0 Å². The van der Waals surface area contributed by atoms with Crippen LogP contribution in [0.2, 0.25) is 0 Å². The fourth-order valence-electron chi connectivity index (χ4n) is 2.85. The van der Waals surface area contributed by atoms with E-state index in [9.17, 15) is 0 Å². The van der Waals surface area contributed by atoms with Crippen LogP contribution in [0, 0.1) is 0 Å². The van der Waals surface area contributed by atoms with Crippen molar-refractivity contribution in [2.45, 2.75) is 0 Å². The molecule has 0 saturated carbocycles. The van der Waals surface area contributed by atoms with Gasteiger partial charge in [-0.15, -0.1) is 0 Å². The van der Waals surface area contributed by atoms with E-state index < -0.39 is 0 Å². The Labute approximate surface area is 113 Å². The summed E-state index contributed by atoms with van der Waals surface area (Å²) >= 11 is 0. The highest BCUT2D eigenvalue weighted by molar-refractivity contribution is 6.33. The molecule has 0 aliphatic rings. The van der Waals surface area contributed by atoms with Crippen LogP contribution in [-0.4, -0.2) is 7.85 Å². The molecule has 0 amide bonds. The van der Waals surface area contributed by atoms with Gasteiger partial charge in [0.15, 0.2) is 0 Å². The average molecular weight is 238 g/mol. The summed E-state index contributed by atoms with van der Waals surface area (Å²) in [5, 5.41) is 7.63. The summed E-state index contributed by atoms with van der Waals surface area (Å²) in [5.41, 5.74) is 0.813. The van der Waals surface area contributed by atoms with Crippen molar-refractivity contribution < 1.29 is 0 Å². The predicted molar refractivity (Wildman–Crippen MR) is 84.3 cm³/mol. The lowest BCUT2D eigenvalue weighted by Crippen LogP contribution is -1.99. The van der Waals surface area contributed by atoms with Gasteiger partial charge in [0.05, 0.1) is 0 Å². The molecule has 0 N–H and O–H groups in total. The van der Waals surface area contributed by atoms with Gasteiger partial charge >= 0.3 is 0 Å². The third-order valence-corrected chi connectivity index (χ3v) is 3.77. The molecule has 0 bridgehead atoms. The van der Waals surface area contributed by atoms with Crippen molar-refractivity contribution in [1.29, 1.82) is 0 Å². The Morgan fingerprint density at radius 1 is 0.526 bits per heavy atom. The van der Waals surface area contributed by atoms with Crippen molar-refractivity contribution in [3.63, 3.8) is 0 Å². The van der Waals surface area contributed by atoms with E-state index in [0.29, 0.717) is 0 Å². The smallest absolute Gasteiger partial charge is 0.0960 e. The van der Waals surface area contributed by atoms with Crippen LogP contribution in [0.15, 0.2) is 66.7 Å². The van der Waals surface area contributed by atoms with Crippen LogP contribution >= 0.6 is 0 Å². The monoisotopic (exact) mass is 238 g/mol. The van der Waals surface area contributed by atoms with Gasteiger partial charge in [-0.3, -0.25) is 0 Å². The fraction of sp³-hybridized carbons (Fsp3) is 0. The van der Waals surface area contributed by atoms with Crippen molar-refractivity contribution in [3.05, 3.63) is 66.7 Å². The second-order valence-electron chi connectivity index (χ2n) is 4.93. The molecule has 0 atom stereocenters. The molecule has 1 heteroatoms. The highest BCUT2D eigenvalue weighted by Crippen LogP contribution is 2.30. The SMILES string of the molecule is [B]c1ccc2c(ccc3c4ccccc4ccc23)c1. The van der Waals surface area contributed by atoms with Gasteiger partial charge in [-0.1, -0.05) is 72.2 Å². The lowest BCUT2D eigenvalue weighted by atomic mass is 9.91. The molecule has 0 aromatic heterocycles. The molecular formula is C18H11B. The predicted octanol–water partition coefficient (Wildman–Crippen LogP) is 3.94. The highest BCUT2D eigenvalue weighted by Gasteiger charge is 2.03. The van der Waals surface area contributed by atoms with Gasteiger partial charge in [-0.25, -0.2) is 0 Å². The molecule has 4 aromatic carbocycles. The molecule has 0 saturated heterocycles. The quantitative estimate of drug-likeness (QED) is 0.321. The van der Waals surface area contributed by atoms with Crippen LogP contribution in [0.3, 0.4) is 0 Å². The van der Waals surface area contributed by atoms with Gasteiger partial charge < -0.3 is 0 Å². The molecule has 0 aliphatic heterocycles. The molecule has 4 rings (SSSR count). The summed E-state index contributed by atoms with van der Waals surface area (Å²) in [6.07, 6.45) is 0. The summed E-state index contributed by atoms with van der Waals surface area (Å²) < 4.78 is 0. The summed E-state index contributed by atoms with van der Waals surface area (Å²) in [6, 6.07) is 23.4. The van der Waals surface area contributed by atoms with Crippen LogP contribution in [-0.2, 0) is 0 Å². The normalized spacial score (nSPS) is 11.4. The Hall–Kier alpha value is -2.28. The molecule has 4 aromatic rings. The van der Waals surface area contributed by atoms with Crippen LogP contribution in [0.25, 0.3) is 32.3 Å². The number of hydrogen-bond donors (Lipinski definition) is 0. The molecular weight excluding hydrogens is 227 g/mol. The lowest BCUT2D eigenvalue weighted by Gasteiger charge is -2.08. The summed E-state index contributed by atoms with van der Waals surface area (Å²) in [7, 11) is 5.86. The Bertz CT molecular complexity index is 922. The molecule has 19 heavy (non-hydrogen) atoms. The van der Waals surface area contributed by atoms with Gasteiger partial charge in [-0.2, -0.15) is 0 Å². The zero-order valence-electron chi connectivity index (χ0n) is 10.4. The van der Waals surface area contributed by atoms with E-state index in [0.717, 1.165) is 5.46 Å². The maximum atomic E-state index is 5.86. The minimum absolute atomic E-state index is 0.813. The van der Waals surface area contributed by atoms with E-state index >= 15 is 0 Å². The number of hydrogen-bond acceptors (Lipinski definition) is 0. The summed E-state index contributed by atoms with van der Waals surface area (Å²) in [5.74, 6) is 0. The van der Waals surface area contributed by atoms with Crippen molar-refractivity contribution >= 4 is 45.6 Å². The summed E-state index contributed by atoms with van der Waals surface area (Å²) in [6.45, 7) is 0. The third kappa shape index (κ3) is 1.55. The maximum Gasteiger partial charge on any atom is 0.113 e. The Morgan fingerprint density at radius 2 is 1.16 bits per heavy atom. The summed E-state index contributed by atoms with van der Waals surface area (Å²) in [4.78, 5) is 0. The van der Waals surface area contributed by atoms with Crippen LogP contribution in [0.5, 0.6) is 0 Å². The second-order valence-corrected chi connectivity index (χ2v) is 4.93. The van der Waals surface area contributed by atoms with E-state index in [1.165, 1.54) is 32.3 Å². The molecule has 0 aliphatic carbocycles. The van der Waals surface area contributed by atoms with Crippen LogP contribution < -0.4 is 5.46 Å². The Morgan fingerprint density at radius 3 is 2.00 bits per heavy atom. The minimum atomic E-state index is 0.813. The highest BCUT2D eigenvalue weighted by atomic mass is 14.1. The number of rotatable bonds is 0. The van der Waals surface area contributed by atoms with Gasteiger partial charge in [0, 0.05) is 0 Å². The van der Waals surface area contributed by atoms with E-state index in [2.05, 4.69) is 54.6 Å². The first-order valence-corrected chi connectivity index (χ1v) is 6.43. The molecule has 0 spiro atoms. The molecule has 0 heterocycles. The minimum Gasteiger partial charge on any atom is -0.0960 e. The van der Waals surface area contributed by atoms with Crippen molar-refractivity contribution in [2.75, 3.05) is 0 Å². The zero-order chi connectivity index (χ0) is 12.8. The molecule has 0 unspecified atom stereocenters. The number of fused-ring (bicyclic) bond motifs is 5. The van der Waals surface area contributed by atoms with Gasteiger partial charge in [0.25, 0.3) is 0 Å². The van der Waals surface area contributed by atoms with Crippen LogP contribution in [0.4, 0.5) is 0 Å². The third-order valence-electron chi connectivity index (χ3n) is 3.77. The molecule has 2 radical (unpaired) electrons. The zero-order valence-corrected chi connectivity index (χ0v) is 10.4. The first-order chi connectivity index (χ1) is 9.33. The fourth-order valence-corrected chi connectivity index (χ4v) is 2.85. The van der Waals surface area contributed by atoms with Crippen molar-refractivity contribution in [1.82, 2.24) is 0 Å². The second kappa shape index (κ2) is 3.86. The standard InChI is InChI=1S/C18H11B/c19-14-7-10-16-13(11-14)6-9-17-15-4-2-1-3-12(15)5-8-18(16)17/h1-11H. The van der Waals surface area contributed by atoms with E-state index in [1.54, 1.807) is 0 Å². The van der Waals surface area contributed by atoms with E-state index in [4.69, 9.17) is 7.85 Å². The van der Waals surface area contributed by atoms with E-state index in [1.807, 2.05) is 12.1 Å². The Balaban J connectivity index is 2.26. The number of benzene rings is 4. The van der Waals surface area contributed by atoms with Gasteiger partial charge in [0.1, 0.15) is 7.85 Å². The lowest BCUT2D eigenvalue weighted by molar-refractivity contribution is 1.79. The molecule has 0 fully saturated rings. The van der Waals surface area contributed by atoms with Crippen molar-refractivity contribution in [2.24, 2.45) is 0 Å². The largest absolute Gasteiger partial charge is 0.113 e. The maximum absolute atomic E-state index is 5.86. The Kier molecular flexibility index (Phi) is 2.16. The topological polar surface area (TPSA) is 0 Å². The van der Waals surface area contributed by atoms with Gasteiger partial charge in [0.2, 0.25) is 0 Å². The first kappa shape index (κ1) is 10.6. The van der Waals surface area contributed by atoms with Gasteiger partial charge in [-0.05, 0) is 32.3 Å². The molecule has 0 nitrogen and oxygen atoms in total.